The maximum atomic E-state index is 13.1. The summed E-state index contributed by atoms with van der Waals surface area (Å²) >= 11 is 0. The number of imidazole rings is 1. The summed E-state index contributed by atoms with van der Waals surface area (Å²) in [5, 5.41) is 11.0. The molecular weight excluding hydrogens is 394 g/mol. The molecule has 0 aliphatic carbocycles. The standard InChI is InChI=1S/C19H21N5O4S/c1-15-5-6-16(24(25)26)12-18(15)29(27,28)22-10-8-21(9-11-22)14-17-13-20-19-4-2-3-7-23(17)19/h2-7,12-13H,8-11,14H2,1H3. The molecule has 1 aromatic carbocycles. The minimum Gasteiger partial charge on any atom is -0.303 e. The first-order valence-electron chi connectivity index (χ1n) is 9.25. The molecule has 4 rings (SSSR count). The number of non-ortho nitro benzene ring substituents is 1. The van der Waals surface area contributed by atoms with Crippen LogP contribution in [0, 0.1) is 17.0 Å². The molecule has 0 radical (unpaired) electrons. The van der Waals surface area contributed by atoms with Crippen molar-refractivity contribution in [1.29, 1.82) is 0 Å². The Hall–Kier alpha value is -2.82. The maximum Gasteiger partial charge on any atom is 0.270 e. The average molecular weight is 415 g/mol. The van der Waals surface area contributed by atoms with Crippen molar-refractivity contribution in [3.63, 3.8) is 0 Å². The van der Waals surface area contributed by atoms with Crippen LogP contribution in [0.3, 0.4) is 0 Å². The Kier molecular flexibility index (Phi) is 5.07. The number of fused-ring (bicyclic) bond motifs is 1. The summed E-state index contributed by atoms with van der Waals surface area (Å²) in [6, 6.07) is 9.77. The van der Waals surface area contributed by atoms with Crippen LogP contribution in [-0.4, -0.2) is 58.1 Å². The average Bonchev–Trinajstić information content (AvgIpc) is 3.11. The van der Waals surface area contributed by atoms with Gasteiger partial charge in [-0.2, -0.15) is 4.31 Å². The molecule has 0 N–H and O–H groups in total. The zero-order valence-electron chi connectivity index (χ0n) is 15.9. The van der Waals surface area contributed by atoms with E-state index in [1.807, 2.05) is 35.0 Å². The van der Waals surface area contributed by atoms with Crippen LogP contribution in [-0.2, 0) is 16.6 Å². The fourth-order valence-electron chi connectivity index (χ4n) is 3.58. The highest BCUT2D eigenvalue weighted by Gasteiger charge is 2.31. The van der Waals surface area contributed by atoms with Crippen molar-refractivity contribution in [3.8, 4) is 0 Å². The summed E-state index contributed by atoms with van der Waals surface area (Å²) in [6.07, 6.45) is 3.80. The first-order valence-corrected chi connectivity index (χ1v) is 10.7. The highest BCUT2D eigenvalue weighted by molar-refractivity contribution is 7.89. The second-order valence-corrected chi connectivity index (χ2v) is 8.97. The van der Waals surface area contributed by atoms with E-state index in [1.165, 1.54) is 16.4 Å². The number of nitro benzene ring substituents is 1. The highest BCUT2D eigenvalue weighted by atomic mass is 32.2. The van der Waals surface area contributed by atoms with Crippen molar-refractivity contribution in [2.75, 3.05) is 26.2 Å². The van der Waals surface area contributed by atoms with Gasteiger partial charge in [0.25, 0.3) is 5.69 Å². The largest absolute Gasteiger partial charge is 0.303 e. The van der Waals surface area contributed by atoms with Gasteiger partial charge in [0.05, 0.1) is 21.7 Å². The van der Waals surface area contributed by atoms with Crippen LogP contribution in [0.1, 0.15) is 11.3 Å². The van der Waals surface area contributed by atoms with Crippen molar-refractivity contribution >= 4 is 21.4 Å². The molecule has 3 heterocycles. The number of nitro groups is 1. The highest BCUT2D eigenvalue weighted by Crippen LogP contribution is 2.25. The van der Waals surface area contributed by atoms with Crippen LogP contribution in [0.2, 0.25) is 0 Å². The van der Waals surface area contributed by atoms with E-state index in [0.29, 0.717) is 38.3 Å². The van der Waals surface area contributed by atoms with Gasteiger partial charge >= 0.3 is 0 Å². The number of benzene rings is 1. The summed E-state index contributed by atoms with van der Waals surface area (Å²) in [5.74, 6) is 0. The minimum absolute atomic E-state index is 0.00179. The third kappa shape index (κ3) is 3.74. The Balaban J connectivity index is 1.48. The zero-order chi connectivity index (χ0) is 20.6. The van der Waals surface area contributed by atoms with E-state index in [0.717, 1.165) is 17.4 Å². The molecule has 152 valence electrons. The fraction of sp³-hybridized carbons (Fsp3) is 0.316. The van der Waals surface area contributed by atoms with Crippen molar-refractivity contribution < 1.29 is 13.3 Å². The monoisotopic (exact) mass is 415 g/mol. The molecular formula is C19H21N5O4S. The molecule has 0 unspecified atom stereocenters. The normalized spacial score (nSPS) is 16.3. The molecule has 9 nitrogen and oxygen atoms in total. The number of piperazine rings is 1. The van der Waals surface area contributed by atoms with Gasteiger partial charge in [-0.05, 0) is 24.6 Å². The van der Waals surface area contributed by atoms with Crippen LogP contribution < -0.4 is 0 Å². The predicted molar refractivity (Wildman–Crippen MR) is 107 cm³/mol. The van der Waals surface area contributed by atoms with Gasteiger partial charge < -0.3 is 4.40 Å². The van der Waals surface area contributed by atoms with Crippen LogP contribution >= 0.6 is 0 Å². The van der Waals surface area contributed by atoms with E-state index in [9.17, 15) is 18.5 Å². The van der Waals surface area contributed by atoms with Gasteiger partial charge in [0.1, 0.15) is 5.65 Å². The molecule has 10 heteroatoms. The Bertz CT molecular complexity index is 1170. The Morgan fingerprint density at radius 3 is 2.62 bits per heavy atom. The predicted octanol–water partition coefficient (Wildman–Crippen LogP) is 2.06. The van der Waals surface area contributed by atoms with Crippen LogP contribution in [0.5, 0.6) is 0 Å². The molecule has 3 aromatic rings. The van der Waals surface area contributed by atoms with Crippen LogP contribution in [0.25, 0.3) is 5.65 Å². The van der Waals surface area contributed by atoms with Crippen molar-refractivity contribution in [1.82, 2.24) is 18.6 Å². The Morgan fingerprint density at radius 1 is 1.14 bits per heavy atom. The second-order valence-electron chi connectivity index (χ2n) is 7.07. The van der Waals surface area contributed by atoms with Crippen LogP contribution in [0.4, 0.5) is 5.69 Å². The third-order valence-electron chi connectivity index (χ3n) is 5.21. The summed E-state index contributed by atoms with van der Waals surface area (Å²) < 4.78 is 29.5. The molecule has 0 saturated carbocycles. The second kappa shape index (κ2) is 7.54. The quantitative estimate of drug-likeness (QED) is 0.467. The van der Waals surface area contributed by atoms with Gasteiger partial charge in [-0.1, -0.05) is 12.1 Å². The molecule has 0 amide bonds. The lowest BCUT2D eigenvalue weighted by molar-refractivity contribution is -0.385. The third-order valence-corrected chi connectivity index (χ3v) is 7.25. The number of pyridine rings is 1. The Morgan fingerprint density at radius 2 is 1.90 bits per heavy atom. The number of aromatic nitrogens is 2. The van der Waals surface area contributed by atoms with E-state index >= 15 is 0 Å². The molecule has 0 bridgehead atoms. The lowest BCUT2D eigenvalue weighted by Crippen LogP contribution is -2.48. The molecule has 0 spiro atoms. The first kappa shape index (κ1) is 19.5. The van der Waals surface area contributed by atoms with E-state index < -0.39 is 14.9 Å². The summed E-state index contributed by atoms with van der Waals surface area (Å²) in [6.45, 7) is 4.15. The number of hydrogen-bond donors (Lipinski definition) is 0. The topological polar surface area (TPSA) is 101 Å². The van der Waals surface area contributed by atoms with Gasteiger partial charge in [0.15, 0.2) is 0 Å². The summed E-state index contributed by atoms with van der Waals surface area (Å²) in [7, 11) is -3.78. The van der Waals surface area contributed by atoms with Crippen LogP contribution in [0.15, 0.2) is 53.7 Å². The van der Waals surface area contributed by atoms with Crippen molar-refractivity contribution in [2.45, 2.75) is 18.4 Å². The fourth-order valence-corrected chi connectivity index (χ4v) is 5.25. The lowest BCUT2D eigenvalue weighted by atomic mass is 10.2. The molecule has 29 heavy (non-hydrogen) atoms. The molecule has 1 aliphatic heterocycles. The van der Waals surface area contributed by atoms with Crippen molar-refractivity contribution in [2.24, 2.45) is 0 Å². The lowest BCUT2D eigenvalue weighted by Gasteiger charge is -2.34. The molecule has 2 aromatic heterocycles. The van der Waals surface area contributed by atoms with E-state index in [1.54, 1.807) is 6.92 Å². The van der Waals surface area contributed by atoms with E-state index in [4.69, 9.17) is 0 Å². The minimum atomic E-state index is -3.78. The molecule has 1 saturated heterocycles. The van der Waals surface area contributed by atoms with Crippen molar-refractivity contribution in [3.05, 3.63) is 70.2 Å². The van der Waals surface area contributed by atoms with Gasteiger partial charge in [-0.25, -0.2) is 13.4 Å². The van der Waals surface area contributed by atoms with E-state index in [2.05, 4.69) is 9.88 Å². The summed E-state index contributed by atoms with van der Waals surface area (Å²) in [4.78, 5) is 17.0. The van der Waals surface area contributed by atoms with Gasteiger partial charge in [0.2, 0.25) is 10.0 Å². The maximum absolute atomic E-state index is 13.1. The molecule has 1 fully saturated rings. The smallest absolute Gasteiger partial charge is 0.270 e. The van der Waals surface area contributed by atoms with Gasteiger partial charge in [-0.15, -0.1) is 0 Å². The number of aryl methyl sites for hydroxylation is 1. The number of sulfonamides is 1. The molecule has 1 aliphatic rings. The number of hydrogen-bond acceptors (Lipinski definition) is 6. The number of nitrogens with zero attached hydrogens (tertiary/aromatic N) is 5. The Labute approximate surface area is 168 Å². The van der Waals surface area contributed by atoms with E-state index in [-0.39, 0.29) is 10.6 Å². The van der Waals surface area contributed by atoms with Gasteiger partial charge in [0, 0.05) is 51.1 Å². The number of rotatable bonds is 5. The van der Waals surface area contributed by atoms with Gasteiger partial charge in [-0.3, -0.25) is 15.0 Å². The SMILES string of the molecule is Cc1ccc([N+](=O)[O-])cc1S(=O)(=O)N1CCN(Cc2cnc3ccccn23)CC1. The zero-order valence-corrected chi connectivity index (χ0v) is 16.7. The molecule has 0 atom stereocenters. The first-order chi connectivity index (χ1) is 13.9. The summed E-state index contributed by atoms with van der Waals surface area (Å²) in [5.41, 5.74) is 2.21.